The first kappa shape index (κ1) is 18.1. The van der Waals surface area contributed by atoms with E-state index >= 15 is 0 Å². The van der Waals surface area contributed by atoms with Gasteiger partial charge in [-0.15, -0.1) is 0 Å². The summed E-state index contributed by atoms with van der Waals surface area (Å²) in [6.45, 7) is 0. The number of ether oxygens (including phenoxy) is 1. The van der Waals surface area contributed by atoms with E-state index in [4.69, 9.17) is 16.3 Å². The van der Waals surface area contributed by atoms with Crippen LogP contribution in [-0.4, -0.2) is 37.0 Å². The number of anilines is 1. The van der Waals surface area contributed by atoms with Crippen LogP contribution in [0.3, 0.4) is 0 Å². The minimum atomic E-state index is -0.0352. The second-order valence-corrected chi connectivity index (χ2v) is 7.61. The van der Waals surface area contributed by atoms with E-state index in [0.29, 0.717) is 22.7 Å². The van der Waals surface area contributed by atoms with Gasteiger partial charge < -0.3 is 4.74 Å². The van der Waals surface area contributed by atoms with Gasteiger partial charge in [-0.25, -0.2) is 0 Å². The fourth-order valence-electron chi connectivity index (χ4n) is 4.05. The summed E-state index contributed by atoms with van der Waals surface area (Å²) >= 11 is 6.00. The number of methoxy groups -OCH3 is 1. The Morgan fingerprint density at radius 1 is 1.11 bits per heavy atom. The largest absolute Gasteiger partial charge is 0.497 e. The summed E-state index contributed by atoms with van der Waals surface area (Å²) in [7, 11) is 3.82. The molecule has 1 fully saturated rings. The van der Waals surface area contributed by atoms with Gasteiger partial charge in [0.25, 0.3) is 5.91 Å². The molecule has 0 N–H and O–H groups in total. The van der Waals surface area contributed by atoms with E-state index in [1.165, 1.54) is 6.42 Å². The van der Waals surface area contributed by atoms with Crippen LogP contribution in [0.4, 0.5) is 5.69 Å². The minimum absolute atomic E-state index is 0.0352. The summed E-state index contributed by atoms with van der Waals surface area (Å²) in [5.41, 5.74) is 2.55. The summed E-state index contributed by atoms with van der Waals surface area (Å²) in [5.74, 6) is 0.738. The quantitative estimate of drug-likeness (QED) is 0.765. The number of hydrogen-bond donors (Lipinski definition) is 0. The predicted octanol–water partition coefficient (Wildman–Crippen LogP) is 4.75. The highest BCUT2D eigenvalue weighted by molar-refractivity contribution is 6.30. The van der Waals surface area contributed by atoms with E-state index in [0.717, 1.165) is 30.0 Å². The van der Waals surface area contributed by atoms with Gasteiger partial charge in [0.2, 0.25) is 0 Å². The summed E-state index contributed by atoms with van der Waals surface area (Å²) in [6.07, 6.45) is 5.45. The van der Waals surface area contributed by atoms with Crippen molar-refractivity contribution in [3.05, 3.63) is 70.9 Å². The number of halogens is 1. The predicted molar refractivity (Wildman–Crippen MR) is 109 cm³/mol. The van der Waals surface area contributed by atoms with E-state index in [1.54, 1.807) is 31.4 Å². The fraction of sp³-hybridized carbons (Fsp3) is 0.318. The first-order chi connectivity index (χ1) is 13.1. The molecule has 4 nitrogen and oxygen atoms in total. The number of carbonyl (C=O) groups excluding carboxylic acids is 1. The molecule has 2 bridgehead atoms. The molecule has 4 rings (SSSR count). The first-order valence-corrected chi connectivity index (χ1v) is 9.61. The molecule has 0 spiro atoms. The van der Waals surface area contributed by atoms with Crippen molar-refractivity contribution in [1.82, 2.24) is 4.90 Å². The summed E-state index contributed by atoms with van der Waals surface area (Å²) < 4.78 is 5.27. The number of nitrogens with zero attached hydrogens (tertiary/aromatic N) is 2. The third-order valence-electron chi connectivity index (χ3n) is 5.64. The summed E-state index contributed by atoms with van der Waals surface area (Å²) in [4.78, 5) is 17.7. The van der Waals surface area contributed by atoms with Crippen LogP contribution in [0.15, 0.2) is 60.3 Å². The number of fused-ring (bicyclic) bond motifs is 2. The Morgan fingerprint density at radius 3 is 2.44 bits per heavy atom. The molecule has 27 heavy (non-hydrogen) atoms. The summed E-state index contributed by atoms with van der Waals surface area (Å²) in [5, 5.41) is 0.624. The molecule has 140 valence electrons. The lowest BCUT2D eigenvalue weighted by Crippen LogP contribution is -2.40. The zero-order chi connectivity index (χ0) is 19.0. The highest BCUT2D eigenvalue weighted by Crippen LogP contribution is 2.37. The van der Waals surface area contributed by atoms with E-state index in [2.05, 4.69) is 18.0 Å². The number of likely N-dealkylation sites (N-methyl/N-ethyl adjacent to an activating group) is 1. The minimum Gasteiger partial charge on any atom is -0.497 e. The van der Waals surface area contributed by atoms with Crippen molar-refractivity contribution < 1.29 is 9.53 Å². The van der Waals surface area contributed by atoms with Crippen LogP contribution in [0.1, 0.15) is 29.6 Å². The highest BCUT2D eigenvalue weighted by Gasteiger charge is 2.37. The number of benzene rings is 2. The smallest absolute Gasteiger partial charge is 0.262 e. The van der Waals surface area contributed by atoms with Gasteiger partial charge in [0.1, 0.15) is 5.75 Å². The standard InChI is InChI=1S/C22H23ClN2O2/c1-24-18-7-8-19(24)14-20(13-18)25(17-9-11-21(27-2)12-10-17)22(26)15-3-5-16(23)6-4-15/h3-6,9-13,18-19H,7-8,14H2,1-2H3/t18-,19+/m1/s1. The molecule has 2 aliphatic rings. The monoisotopic (exact) mass is 382 g/mol. The maximum Gasteiger partial charge on any atom is 0.262 e. The van der Waals surface area contributed by atoms with Gasteiger partial charge in [-0.1, -0.05) is 11.6 Å². The average Bonchev–Trinajstić information content (AvgIpc) is 2.90. The van der Waals surface area contributed by atoms with Crippen molar-refractivity contribution in [2.75, 3.05) is 19.1 Å². The Kier molecular flexibility index (Phi) is 4.94. The highest BCUT2D eigenvalue weighted by atomic mass is 35.5. The molecule has 2 aliphatic heterocycles. The molecular formula is C22H23ClN2O2. The normalized spacial score (nSPS) is 21.7. The maximum absolute atomic E-state index is 13.4. The van der Waals surface area contributed by atoms with Crippen LogP contribution in [0, 0.1) is 0 Å². The molecule has 0 saturated carbocycles. The van der Waals surface area contributed by atoms with Crippen molar-refractivity contribution in [3.8, 4) is 5.75 Å². The van der Waals surface area contributed by atoms with Crippen LogP contribution in [-0.2, 0) is 0 Å². The first-order valence-electron chi connectivity index (χ1n) is 9.23. The number of rotatable bonds is 4. The second kappa shape index (κ2) is 7.37. The van der Waals surface area contributed by atoms with Crippen molar-refractivity contribution in [3.63, 3.8) is 0 Å². The molecule has 0 aliphatic carbocycles. The molecule has 1 amide bonds. The van der Waals surface area contributed by atoms with Crippen LogP contribution in [0.5, 0.6) is 5.75 Å². The topological polar surface area (TPSA) is 32.8 Å². The average molecular weight is 383 g/mol. The number of carbonyl (C=O) groups is 1. The molecule has 0 unspecified atom stereocenters. The molecule has 2 heterocycles. The third kappa shape index (κ3) is 3.47. The summed E-state index contributed by atoms with van der Waals surface area (Å²) in [6, 6.07) is 15.6. The van der Waals surface area contributed by atoms with Crippen molar-refractivity contribution in [2.45, 2.75) is 31.3 Å². The molecule has 2 aromatic carbocycles. The Bertz CT molecular complexity index is 861. The fourth-order valence-corrected chi connectivity index (χ4v) is 4.18. The Hall–Kier alpha value is -2.30. The van der Waals surface area contributed by atoms with Crippen LogP contribution >= 0.6 is 11.6 Å². The molecule has 2 aromatic rings. The van der Waals surface area contributed by atoms with Gasteiger partial charge in [-0.2, -0.15) is 0 Å². The molecule has 5 heteroatoms. The van der Waals surface area contributed by atoms with Crippen LogP contribution in [0.25, 0.3) is 0 Å². The zero-order valence-electron chi connectivity index (χ0n) is 15.6. The Labute approximate surface area is 165 Å². The number of amides is 1. The maximum atomic E-state index is 13.4. The van der Waals surface area contributed by atoms with Gasteiger partial charge >= 0.3 is 0 Å². The molecule has 2 atom stereocenters. The van der Waals surface area contributed by atoms with Gasteiger partial charge in [0, 0.05) is 40.5 Å². The lowest BCUT2D eigenvalue weighted by Gasteiger charge is -2.35. The van der Waals surface area contributed by atoms with E-state index in [9.17, 15) is 4.79 Å². The second-order valence-electron chi connectivity index (χ2n) is 7.17. The van der Waals surface area contributed by atoms with Crippen molar-refractivity contribution in [2.24, 2.45) is 0 Å². The van der Waals surface area contributed by atoms with Gasteiger partial charge in [0.05, 0.1) is 7.11 Å². The Morgan fingerprint density at radius 2 is 1.81 bits per heavy atom. The van der Waals surface area contributed by atoms with Gasteiger partial charge in [-0.3, -0.25) is 14.6 Å². The lowest BCUT2D eigenvalue weighted by atomic mass is 10.0. The SMILES string of the molecule is COc1ccc(N(C(=O)c2ccc(Cl)cc2)C2=C[C@H]3CC[C@@H](C2)N3C)cc1. The van der Waals surface area contributed by atoms with Crippen molar-refractivity contribution in [1.29, 1.82) is 0 Å². The van der Waals surface area contributed by atoms with E-state index in [-0.39, 0.29) is 5.91 Å². The molecule has 1 saturated heterocycles. The van der Waals surface area contributed by atoms with Gasteiger partial charge in [-0.05, 0) is 74.5 Å². The third-order valence-corrected chi connectivity index (χ3v) is 5.89. The number of hydrogen-bond acceptors (Lipinski definition) is 3. The zero-order valence-corrected chi connectivity index (χ0v) is 16.3. The molecule has 0 aromatic heterocycles. The molecular weight excluding hydrogens is 360 g/mol. The van der Waals surface area contributed by atoms with Gasteiger partial charge in [0.15, 0.2) is 0 Å². The van der Waals surface area contributed by atoms with Crippen LogP contribution < -0.4 is 9.64 Å². The molecule has 0 radical (unpaired) electrons. The van der Waals surface area contributed by atoms with Crippen LogP contribution in [0.2, 0.25) is 5.02 Å². The van der Waals surface area contributed by atoms with E-state index < -0.39 is 0 Å². The van der Waals surface area contributed by atoms with Crippen molar-refractivity contribution >= 4 is 23.2 Å². The Balaban J connectivity index is 1.74. The van der Waals surface area contributed by atoms with E-state index in [1.807, 2.05) is 29.2 Å². The lowest BCUT2D eigenvalue weighted by molar-refractivity contribution is 0.0991.